The molecule has 16 heavy (non-hydrogen) atoms. The highest BCUT2D eigenvalue weighted by atomic mass is 19.1. The van der Waals surface area contributed by atoms with Gasteiger partial charge in [0.15, 0.2) is 0 Å². The quantitative estimate of drug-likeness (QED) is 0.823. The largest absolute Gasteiger partial charge is 0.394 e. The SMILES string of the molecule is O=C(c1ccc(F)cc1)N1CCC[C@@H]1CO. The van der Waals surface area contributed by atoms with Gasteiger partial charge in [0.25, 0.3) is 5.91 Å². The predicted molar refractivity (Wildman–Crippen MR) is 57.5 cm³/mol. The molecule has 1 aromatic carbocycles. The van der Waals surface area contributed by atoms with Crippen molar-refractivity contribution in [2.24, 2.45) is 0 Å². The molecule has 0 saturated carbocycles. The Kier molecular flexibility index (Phi) is 3.19. The molecule has 0 radical (unpaired) electrons. The van der Waals surface area contributed by atoms with Gasteiger partial charge in [-0.1, -0.05) is 0 Å². The first kappa shape index (κ1) is 11.1. The van der Waals surface area contributed by atoms with Crippen molar-refractivity contribution in [2.45, 2.75) is 18.9 Å². The summed E-state index contributed by atoms with van der Waals surface area (Å²) in [6.07, 6.45) is 1.75. The molecular weight excluding hydrogens is 209 g/mol. The van der Waals surface area contributed by atoms with Crippen LogP contribution in [0.1, 0.15) is 23.2 Å². The van der Waals surface area contributed by atoms with Crippen LogP contribution in [-0.2, 0) is 0 Å². The molecule has 1 aliphatic rings. The van der Waals surface area contributed by atoms with E-state index in [2.05, 4.69) is 0 Å². The minimum Gasteiger partial charge on any atom is -0.394 e. The molecule has 0 spiro atoms. The van der Waals surface area contributed by atoms with Crippen molar-refractivity contribution < 1.29 is 14.3 Å². The zero-order chi connectivity index (χ0) is 11.5. The van der Waals surface area contributed by atoms with Gasteiger partial charge in [0.1, 0.15) is 5.82 Å². The summed E-state index contributed by atoms with van der Waals surface area (Å²) in [7, 11) is 0. The van der Waals surface area contributed by atoms with E-state index in [-0.39, 0.29) is 24.4 Å². The lowest BCUT2D eigenvalue weighted by atomic mass is 10.1. The molecule has 1 fully saturated rings. The Morgan fingerprint density at radius 2 is 2.12 bits per heavy atom. The molecule has 0 aliphatic carbocycles. The molecule has 2 rings (SSSR count). The number of benzene rings is 1. The topological polar surface area (TPSA) is 40.5 Å². The average molecular weight is 223 g/mol. The smallest absolute Gasteiger partial charge is 0.254 e. The van der Waals surface area contributed by atoms with Gasteiger partial charge in [0.05, 0.1) is 12.6 Å². The maximum absolute atomic E-state index is 12.7. The molecule has 1 atom stereocenters. The summed E-state index contributed by atoms with van der Waals surface area (Å²) in [5, 5.41) is 9.12. The molecule has 86 valence electrons. The second-order valence-corrected chi connectivity index (χ2v) is 3.98. The van der Waals surface area contributed by atoms with E-state index in [1.165, 1.54) is 24.3 Å². The van der Waals surface area contributed by atoms with E-state index >= 15 is 0 Å². The van der Waals surface area contributed by atoms with Crippen LogP contribution >= 0.6 is 0 Å². The van der Waals surface area contributed by atoms with Crippen molar-refractivity contribution in [1.82, 2.24) is 4.90 Å². The summed E-state index contributed by atoms with van der Waals surface area (Å²) >= 11 is 0. The van der Waals surface area contributed by atoms with Crippen molar-refractivity contribution in [3.63, 3.8) is 0 Å². The number of rotatable bonds is 2. The monoisotopic (exact) mass is 223 g/mol. The van der Waals surface area contributed by atoms with E-state index in [1.54, 1.807) is 4.90 Å². The van der Waals surface area contributed by atoms with E-state index in [0.717, 1.165) is 12.8 Å². The molecule has 0 bridgehead atoms. The third kappa shape index (κ3) is 2.07. The predicted octanol–water partition coefficient (Wildman–Crippen LogP) is 1.42. The lowest BCUT2D eigenvalue weighted by Crippen LogP contribution is -2.37. The van der Waals surface area contributed by atoms with E-state index in [0.29, 0.717) is 12.1 Å². The highest BCUT2D eigenvalue weighted by Crippen LogP contribution is 2.19. The second-order valence-electron chi connectivity index (χ2n) is 3.98. The fourth-order valence-corrected chi connectivity index (χ4v) is 2.05. The maximum atomic E-state index is 12.7. The summed E-state index contributed by atoms with van der Waals surface area (Å²) in [5.41, 5.74) is 0.474. The van der Waals surface area contributed by atoms with E-state index < -0.39 is 0 Å². The number of aliphatic hydroxyl groups is 1. The normalized spacial score (nSPS) is 20.1. The van der Waals surface area contributed by atoms with Gasteiger partial charge in [-0.2, -0.15) is 0 Å². The fraction of sp³-hybridized carbons (Fsp3) is 0.417. The molecular formula is C12H14FNO2. The molecule has 1 saturated heterocycles. The lowest BCUT2D eigenvalue weighted by molar-refractivity contribution is 0.0677. The van der Waals surface area contributed by atoms with Gasteiger partial charge in [-0.25, -0.2) is 4.39 Å². The zero-order valence-electron chi connectivity index (χ0n) is 8.90. The first-order chi connectivity index (χ1) is 7.72. The standard InChI is InChI=1S/C12H14FNO2/c13-10-5-3-9(4-6-10)12(16)14-7-1-2-11(14)8-15/h3-6,11,15H,1-2,7-8H2/t11-/m1/s1. The van der Waals surface area contributed by atoms with Crippen LogP contribution in [0.2, 0.25) is 0 Å². The Hall–Kier alpha value is -1.42. The van der Waals surface area contributed by atoms with Crippen LogP contribution in [0.3, 0.4) is 0 Å². The third-order valence-corrected chi connectivity index (χ3v) is 2.94. The minimum atomic E-state index is -0.350. The lowest BCUT2D eigenvalue weighted by Gasteiger charge is -2.22. The number of likely N-dealkylation sites (tertiary alicyclic amines) is 1. The van der Waals surface area contributed by atoms with Crippen molar-refractivity contribution in [3.05, 3.63) is 35.6 Å². The van der Waals surface area contributed by atoms with Crippen LogP contribution in [0.15, 0.2) is 24.3 Å². The fourth-order valence-electron chi connectivity index (χ4n) is 2.05. The molecule has 1 aliphatic heterocycles. The summed E-state index contributed by atoms with van der Waals surface area (Å²) in [5.74, 6) is -0.478. The van der Waals surface area contributed by atoms with Gasteiger partial charge in [-0.3, -0.25) is 4.79 Å². The van der Waals surface area contributed by atoms with Gasteiger partial charge in [0, 0.05) is 12.1 Å². The van der Waals surface area contributed by atoms with Crippen LogP contribution < -0.4 is 0 Å². The van der Waals surface area contributed by atoms with Gasteiger partial charge in [0.2, 0.25) is 0 Å². The Morgan fingerprint density at radius 1 is 1.44 bits per heavy atom. The summed E-state index contributed by atoms with van der Waals surface area (Å²) in [4.78, 5) is 13.7. The summed E-state index contributed by atoms with van der Waals surface area (Å²) in [6, 6.07) is 5.42. The zero-order valence-corrected chi connectivity index (χ0v) is 8.90. The molecule has 1 amide bonds. The molecule has 1 N–H and O–H groups in total. The summed E-state index contributed by atoms with van der Waals surface area (Å²) in [6.45, 7) is 0.661. The minimum absolute atomic E-state index is 0.00701. The van der Waals surface area contributed by atoms with Crippen molar-refractivity contribution in [2.75, 3.05) is 13.2 Å². The Balaban J connectivity index is 2.15. The first-order valence-electron chi connectivity index (χ1n) is 5.40. The third-order valence-electron chi connectivity index (χ3n) is 2.94. The second kappa shape index (κ2) is 4.61. The van der Waals surface area contributed by atoms with Crippen LogP contribution in [0.4, 0.5) is 4.39 Å². The van der Waals surface area contributed by atoms with Crippen molar-refractivity contribution >= 4 is 5.91 Å². The van der Waals surface area contributed by atoms with Crippen molar-refractivity contribution in [3.8, 4) is 0 Å². The van der Waals surface area contributed by atoms with Crippen LogP contribution in [0.5, 0.6) is 0 Å². The van der Waals surface area contributed by atoms with Crippen molar-refractivity contribution in [1.29, 1.82) is 0 Å². The number of halogens is 1. The molecule has 0 aromatic heterocycles. The number of aliphatic hydroxyl groups excluding tert-OH is 1. The van der Waals surface area contributed by atoms with E-state index in [4.69, 9.17) is 5.11 Å². The summed E-state index contributed by atoms with van der Waals surface area (Å²) < 4.78 is 12.7. The highest BCUT2D eigenvalue weighted by molar-refractivity contribution is 5.94. The number of nitrogens with zero attached hydrogens (tertiary/aromatic N) is 1. The van der Waals surface area contributed by atoms with Crippen LogP contribution in [0.25, 0.3) is 0 Å². The molecule has 0 unspecified atom stereocenters. The molecule has 3 nitrogen and oxygen atoms in total. The Bertz CT molecular complexity index is 377. The van der Waals surface area contributed by atoms with Gasteiger partial charge in [-0.05, 0) is 37.1 Å². The Morgan fingerprint density at radius 3 is 2.75 bits per heavy atom. The number of carbonyl (C=O) groups is 1. The van der Waals surface area contributed by atoms with Gasteiger partial charge < -0.3 is 10.0 Å². The van der Waals surface area contributed by atoms with Gasteiger partial charge >= 0.3 is 0 Å². The number of hydrogen-bond acceptors (Lipinski definition) is 2. The molecule has 1 heterocycles. The number of amides is 1. The maximum Gasteiger partial charge on any atom is 0.254 e. The number of carbonyl (C=O) groups excluding carboxylic acids is 1. The highest BCUT2D eigenvalue weighted by Gasteiger charge is 2.28. The van der Waals surface area contributed by atoms with E-state index in [1.807, 2.05) is 0 Å². The average Bonchev–Trinajstić information content (AvgIpc) is 2.77. The number of hydrogen-bond donors (Lipinski definition) is 1. The Labute approximate surface area is 93.5 Å². The molecule has 1 aromatic rings. The van der Waals surface area contributed by atoms with Gasteiger partial charge in [-0.15, -0.1) is 0 Å². The van der Waals surface area contributed by atoms with Crippen LogP contribution in [0, 0.1) is 5.82 Å². The van der Waals surface area contributed by atoms with E-state index in [9.17, 15) is 9.18 Å². The van der Waals surface area contributed by atoms with Crippen LogP contribution in [-0.4, -0.2) is 35.1 Å². The first-order valence-corrected chi connectivity index (χ1v) is 5.40. The molecule has 4 heteroatoms.